The third-order valence-corrected chi connectivity index (χ3v) is 3.86. The Hall–Kier alpha value is -2.27. The van der Waals surface area contributed by atoms with E-state index in [0.717, 1.165) is 40.9 Å². The van der Waals surface area contributed by atoms with Crippen molar-refractivity contribution < 1.29 is 4.74 Å². The van der Waals surface area contributed by atoms with E-state index in [0.29, 0.717) is 11.7 Å². The van der Waals surface area contributed by atoms with Crippen molar-refractivity contribution in [2.45, 2.75) is 13.0 Å². The number of alkyl halides is 1. The van der Waals surface area contributed by atoms with Crippen LogP contribution in [0.5, 0.6) is 5.75 Å². The Kier molecular flexibility index (Phi) is 4.15. The molecule has 0 saturated heterocycles. The van der Waals surface area contributed by atoms with E-state index < -0.39 is 0 Å². The van der Waals surface area contributed by atoms with Crippen molar-refractivity contribution in [3.05, 3.63) is 36.8 Å². The van der Waals surface area contributed by atoms with Gasteiger partial charge >= 0.3 is 0 Å². The van der Waals surface area contributed by atoms with Crippen LogP contribution in [-0.2, 0) is 6.54 Å². The molecule has 0 bridgehead atoms. The summed E-state index contributed by atoms with van der Waals surface area (Å²) in [6, 6.07) is 7.87. The molecule has 0 aliphatic heterocycles. The van der Waals surface area contributed by atoms with E-state index in [-0.39, 0.29) is 0 Å². The Labute approximate surface area is 133 Å². The molecule has 0 radical (unpaired) electrons. The smallest absolute Gasteiger partial charge is 0.146 e. The highest BCUT2D eigenvalue weighted by Gasteiger charge is 2.15. The van der Waals surface area contributed by atoms with Crippen LogP contribution < -0.4 is 10.5 Å². The van der Waals surface area contributed by atoms with Crippen molar-refractivity contribution in [1.29, 1.82) is 0 Å². The first-order valence-electron chi connectivity index (χ1n) is 7.04. The number of hydrogen-bond acceptors (Lipinski definition) is 4. The van der Waals surface area contributed by atoms with Crippen molar-refractivity contribution in [2.75, 3.05) is 18.7 Å². The number of aryl methyl sites for hydroxylation is 1. The molecule has 6 heteroatoms. The summed E-state index contributed by atoms with van der Waals surface area (Å²) in [6.07, 6.45) is 4.41. The number of aromatic nitrogens is 3. The predicted octanol–water partition coefficient (Wildman–Crippen LogP) is 3.32. The second-order valence-corrected chi connectivity index (χ2v) is 5.35. The molecular formula is C16H17ClN4O. The highest BCUT2D eigenvalue weighted by atomic mass is 35.5. The van der Waals surface area contributed by atoms with E-state index >= 15 is 0 Å². The number of hydrogen-bond donors (Lipinski definition) is 1. The fourth-order valence-corrected chi connectivity index (χ4v) is 2.68. The van der Waals surface area contributed by atoms with Gasteiger partial charge in [0, 0.05) is 24.2 Å². The zero-order chi connectivity index (χ0) is 15.5. The zero-order valence-electron chi connectivity index (χ0n) is 12.3. The van der Waals surface area contributed by atoms with E-state index in [9.17, 15) is 0 Å². The van der Waals surface area contributed by atoms with Gasteiger partial charge < -0.3 is 15.0 Å². The van der Waals surface area contributed by atoms with Crippen LogP contribution >= 0.6 is 11.6 Å². The number of anilines is 1. The number of methoxy groups -OCH3 is 1. The first-order chi connectivity index (χ1) is 10.7. The molecule has 22 heavy (non-hydrogen) atoms. The first-order valence-corrected chi connectivity index (χ1v) is 7.57. The van der Waals surface area contributed by atoms with Gasteiger partial charge in [-0.15, -0.1) is 11.6 Å². The van der Waals surface area contributed by atoms with E-state index in [1.165, 1.54) is 6.33 Å². The molecule has 0 saturated carbocycles. The molecule has 0 amide bonds. The van der Waals surface area contributed by atoms with Crippen LogP contribution in [0.2, 0.25) is 0 Å². The van der Waals surface area contributed by atoms with Gasteiger partial charge in [-0.25, -0.2) is 9.97 Å². The third-order valence-electron chi connectivity index (χ3n) is 3.60. The van der Waals surface area contributed by atoms with Crippen LogP contribution in [0.15, 0.2) is 36.8 Å². The maximum Gasteiger partial charge on any atom is 0.146 e. The lowest BCUT2D eigenvalue weighted by molar-refractivity contribution is 0.415. The monoisotopic (exact) mass is 316 g/mol. The molecule has 114 valence electrons. The summed E-state index contributed by atoms with van der Waals surface area (Å²) in [7, 11) is 1.65. The lowest BCUT2D eigenvalue weighted by atomic mass is 10.1. The van der Waals surface area contributed by atoms with Crippen LogP contribution in [0, 0.1) is 0 Å². The van der Waals surface area contributed by atoms with Gasteiger partial charge in [-0.3, -0.25) is 0 Å². The summed E-state index contributed by atoms with van der Waals surface area (Å²) in [5.74, 6) is 1.89. The summed E-state index contributed by atoms with van der Waals surface area (Å²) in [4.78, 5) is 8.51. The average Bonchev–Trinajstić information content (AvgIpc) is 2.93. The predicted molar refractivity (Wildman–Crippen MR) is 89.3 cm³/mol. The molecule has 5 nitrogen and oxygen atoms in total. The molecule has 3 rings (SSSR count). The molecule has 0 fully saturated rings. The Balaban J connectivity index is 2.19. The SMILES string of the molecule is COc1cccc(-c2cn(CCCCl)c3ncnc(N)c23)c1. The second-order valence-electron chi connectivity index (χ2n) is 4.97. The van der Waals surface area contributed by atoms with Crippen molar-refractivity contribution >= 4 is 28.5 Å². The molecule has 3 aromatic rings. The van der Waals surface area contributed by atoms with E-state index in [2.05, 4.69) is 20.7 Å². The van der Waals surface area contributed by atoms with Gasteiger partial charge in [0.15, 0.2) is 0 Å². The highest BCUT2D eigenvalue weighted by Crippen LogP contribution is 2.34. The Morgan fingerprint density at radius 2 is 2.18 bits per heavy atom. The number of halogens is 1. The maximum absolute atomic E-state index is 6.09. The summed E-state index contributed by atoms with van der Waals surface area (Å²) >= 11 is 5.81. The number of rotatable bonds is 5. The zero-order valence-corrected chi connectivity index (χ0v) is 13.0. The fourth-order valence-electron chi connectivity index (χ4n) is 2.56. The minimum Gasteiger partial charge on any atom is -0.497 e. The fraction of sp³-hybridized carbons (Fsp3) is 0.250. The molecule has 2 N–H and O–H groups in total. The van der Waals surface area contributed by atoms with E-state index in [1.807, 2.05) is 24.3 Å². The lowest BCUT2D eigenvalue weighted by Gasteiger charge is -2.04. The number of benzene rings is 1. The van der Waals surface area contributed by atoms with Gasteiger partial charge in [0.2, 0.25) is 0 Å². The van der Waals surface area contributed by atoms with Crippen LogP contribution in [0.1, 0.15) is 6.42 Å². The number of nitrogens with zero attached hydrogens (tertiary/aromatic N) is 3. The first kappa shape index (κ1) is 14.7. The minimum absolute atomic E-state index is 0.479. The van der Waals surface area contributed by atoms with Crippen LogP contribution in [-0.4, -0.2) is 27.5 Å². The van der Waals surface area contributed by atoms with Gasteiger partial charge in [0.25, 0.3) is 0 Å². The molecule has 0 spiro atoms. The molecule has 2 aromatic heterocycles. The van der Waals surface area contributed by atoms with Gasteiger partial charge in [-0.1, -0.05) is 12.1 Å². The number of ether oxygens (including phenoxy) is 1. The summed E-state index contributed by atoms with van der Waals surface area (Å²) < 4.78 is 7.38. The molecule has 1 aromatic carbocycles. The third kappa shape index (κ3) is 2.60. The Bertz CT molecular complexity index is 800. The van der Waals surface area contributed by atoms with Crippen molar-refractivity contribution in [3.63, 3.8) is 0 Å². The molecule has 0 aliphatic rings. The van der Waals surface area contributed by atoms with Gasteiger partial charge in [0.05, 0.1) is 12.5 Å². The number of nitrogen functional groups attached to an aromatic ring is 1. The Morgan fingerprint density at radius 1 is 1.32 bits per heavy atom. The van der Waals surface area contributed by atoms with E-state index in [1.54, 1.807) is 7.11 Å². The molecule has 0 atom stereocenters. The van der Waals surface area contributed by atoms with Crippen LogP contribution in [0.4, 0.5) is 5.82 Å². The Morgan fingerprint density at radius 3 is 2.95 bits per heavy atom. The lowest BCUT2D eigenvalue weighted by Crippen LogP contribution is -1.99. The topological polar surface area (TPSA) is 66.0 Å². The number of nitrogens with two attached hydrogens (primary N) is 1. The minimum atomic E-state index is 0.479. The average molecular weight is 317 g/mol. The van der Waals surface area contributed by atoms with Crippen molar-refractivity contribution in [1.82, 2.24) is 14.5 Å². The van der Waals surface area contributed by atoms with Crippen LogP contribution in [0.3, 0.4) is 0 Å². The number of fused-ring (bicyclic) bond motifs is 1. The molecular weight excluding hydrogens is 300 g/mol. The summed E-state index contributed by atoms with van der Waals surface area (Å²) in [5.41, 5.74) is 8.94. The maximum atomic E-state index is 6.09. The largest absolute Gasteiger partial charge is 0.497 e. The van der Waals surface area contributed by atoms with Crippen LogP contribution in [0.25, 0.3) is 22.2 Å². The van der Waals surface area contributed by atoms with Crippen molar-refractivity contribution in [3.8, 4) is 16.9 Å². The molecule has 0 unspecified atom stereocenters. The quantitative estimate of drug-likeness (QED) is 0.733. The normalized spacial score (nSPS) is 11.0. The second kappa shape index (κ2) is 6.23. The van der Waals surface area contributed by atoms with Gasteiger partial charge in [-0.05, 0) is 24.1 Å². The molecule has 0 aliphatic carbocycles. The molecule has 2 heterocycles. The van der Waals surface area contributed by atoms with Gasteiger partial charge in [0.1, 0.15) is 23.5 Å². The highest BCUT2D eigenvalue weighted by molar-refractivity contribution is 6.17. The van der Waals surface area contributed by atoms with Crippen molar-refractivity contribution in [2.24, 2.45) is 0 Å². The van der Waals surface area contributed by atoms with Gasteiger partial charge in [-0.2, -0.15) is 0 Å². The standard InChI is InChI=1S/C16H17ClN4O/c1-22-12-5-2-4-11(8-12)13-9-21(7-3-6-17)16-14(13)15(18)19-10-20-16/h2,4-5,8-10H,3,6-7H2,1H3,(H2,18,19,20). The summed E-state index contributed by atoms with van der Waals surface area (Å²) in [5, 5.41) is 0.866. The summed E-state index contributed by atoms with van der Waals surface area (Å²) in [6.45, 7) is 0.792. The van der Waals surface area contributed by atoms with E-state index in [4.69, 9.17) is 22.1 Å².